The number of carbonyl (C=O) groups excluding carboxylic acids is 1. The van der Waals surface area contributed by atoms with Crippen molar-refractivity contribution in [1.29, 1.82) is 0 Å². The Kier molecular flexibility index (Phi) is 2.86. The first-order valence-corrected chi connectivity index (χ1v) is 5.80. The van der Waals surface area contributed by atoms with E-state index in [0.29, 0.717) is 0 Å². The van der Waals surface area contributed by atoms with Crippen molar-refractivity contribution in [2.75, 3.05) is 5.32 Å². The average molecular weight is 294 g/mol. The van der Waals surface area contributed by atoms with Gasteiger partial charge in [0.2, 0.25) is 0 Å². The van der Waals surface area contributed by atoms with Gasteiger partial charge in [-0.25, -0.2) is 4.98 Å². The van der Waals surface area contributed by atoms with Crippen LogP contribution in [-0.2, 0) is 0 Å². The Labute approximate surface area is 116 Å². The first-order valence-electron chi connectivity index (χ1n) is 5.80. The number of carbonyl (C=O) groups is 1. The molecule has 2 N–H and O–H groups in total. The highest BCUT2D eigenvalue weighted by molar-refractivity contribution is 6.04. The summed E-state index contributed by atoms with van der Waals surface area (Å²) in [4.78, 5) is 15.8. The van der Waals surface area contributed by atoms with Crippen LogP contribution < -0.4 is 14.8 Å². The molecule has 0 spiro atoms. The van der Waals surface area contributed by atoms with Gasteiger partial charge in [-0.3, -0.25) is 4.79 Å². The van der Waals surface area contributed by atoms with Crippen LogP contribution in [0.25, 0.3) is 0 Å². The van der Waals surface area contributed by atoms with Crippen molar-refractivity contribution in [3.8, 4) is 17.2 Å². The third-order valence-corrected chi connectivity index (χ3v) is 2.68. The van der Waals surface area contributed by atoms with Crippen LogP contribution >= 0.6 is 0 Å². The SMILES string of the molecule is O=C(Nc1ncccc1O)c1ccc2c(c1)OC(F)(F)O2. The molecule has 1 aliphatic rings. The van der Waals surface area contributed by atoms with Crippen molar-refractivity contribution in [3.63, 3.8) is 0 Å². The van der Waals surface area contributed by atoms with E-state index in [1.54, 1.807) is 0 Å². The smallest absolute Gasteiger partial charge is 0.504 e. The van der Waals surface area contributed by atoms with Gasteiger partial charge in [0.1, 0.15) is 0 Å². The molecule has 1 aromatic carbocycles. The van der Waals surface area contributed by atoms with E-state index in [2.05, 4.69) is 19.8 Å². The minimum absolute atomic E-state index is 0.0366. The number of nitrogens with one attached hydrogen (secondary N) is 1. The van der Waals surface area contributed by atoms with Gasteiger partial charge in [0.05, 0.1) is 0 Å². The van der Waals surface area contributed by atoms with Gasteiger partial charge >= 0.3 is 6.29 Å². The lowest BCUT2D eigenvalue weighted by atomic mass is 10.2. The Morgan fingerprint density at radius 3 is 2.76 bits per heavy atom. The summed E-state index contributed by atoms with van der Waals surface area (Å²) >= 11 is 0. The number of benzene rings is 1. The Hall–Kier alpha value is -2.90. The number of aromatic hydroxyl groups is 1. The Morgan fingerprint density at radius 1 is 1.24 bits per heavy atom. The molecule has 108 valence electrons. The molecule has 6 nitrogen and oxygen atoms in total. The fraction of sp³-hybridized carbons (Fsp3) is 0.0769. The number of halogens is 2. The van der Waals surface area contributed by atoms with Crippen LogP contribution in [0.2, 0.25) is 0 Å². The minimum Gasteiger partial charge on any atom is -0.504 e. The summed E-state index contributed by atoms with van der Waals surface area (Å²) in [5, 5.41) is 11.9. The molecule has 8 heteroatoms. The molecule has 1 aliphatic heterocycles. The molecule has 0 saturated heterocycles. The first-order chi connectivity index (χ1) is 9.94. The number of hydrogen-bond acceptors (Lipinski definition) is 5. The Morgan fingerprint density at radius 2 is 2.00 bits per heavy atom. The molecule has 0 saturated carbocycles. The van der Waals surface area contributed by atoms with Gasteiger partial charge in [0.25, 0.3) is 5.91 Å². The van der Waals surface area contributed by atoms with Crippen LogP contribution in [0.15, 0.2) is 36.5 Å². The fourth-order valence-corrected chi connectivity index (χ4v) is 1.76. The molecule has 3 rings (SSSR count). The third kappa shape index (κ3) is 2.55. The lowest BCUT2D eigenvalue weighted by Gasteiger charge is -2.06. The highest BCUT2D eigenvalue weighted by Crippen LogP contribution is 2.41. The van der Waals surface area contributed by atoms with Crippen LogP contribution in [0.4, 0.5) is 14.6 Å². The number of amides is 1. The standard InChI is InChI=1S/C13H8F2N2O4/c14-13(15)20-9-4-3-7(6-10(9)21-13)12(19)17-11-8(18)2-1-5-16-11/h1-6,18H,(H,16,17,19). The summed E-state index contributed by atoms with van der Waals surface area (Å²) in [6.07, 6.45) is -2.35. The second kappa shape index (κ2) is 4.58. The maximum atomic E-state index is 12.9. The topological polar surface area (TPSA) is 80.7 Å². The zero-order valence-corrected chi connectivity index (χ0v) is 10.3. The molecular weight excluding hydrogens is 286 g/mol. The quantitative estimate of drug-likeness (QED) is 0.888. The molecule has 2 heterocycles. The van der Waals surface area contributed by atoms with Crippen molar-refractivity contribution < 1.29 is 28.2 Å². The zero-order chi connectivity index (χ0) is 15.0. The van der Waals surface area contributed by atoms with Crippen LogP contribution in [-0.4, -0.2) is 22.3 Å². The minimum atomic E-state index is -3.74. The lowest BCUT2D eigenvalue weighted by molar-refractivity contribution is -0.286. The number of nitrogens with zero attached hydrogens (tertiary/aromatic N) is 1. The molecular formula is C13H8F2N2O4. The van der Waals surface area contributed by atoms with Crippen LogP contribution in [0.1, 0.15) is 10.4 Å². The van der Waals surface area contributed by atoms with Gasteiger partial charge in [-0.15, -0.1) is 8.78 Å². The highest BCUT2D eigenvalue weighted by atomic mass is 19.3. The Balaban J connectivity index is 1.83. The summed E-state index contributed by atoms with van der Waals surface area (Å²) in [7, 11) is 0. The Bertz CT molecular complexity index is 721. The predicted molar refractivity (Wildman–Crippen MR) is 66.5 cm³/mol. The van der Waals surface area contributed by atoms with E-state index in [4.69, 9.17) is 0 Å². The van der Waals surface area contributed by atoms with Crippen LogP contribution in [0.5, 0.6) is 17.2 Å². The van der Waals surface area contributed by atoms with Crippen LogP contribution in [0, 0.1) is 0 Å². The van der Waals surface area contributed by atoms with E-state index in [0.717, 1.165) is 6.07 Å². The molecule has 0 atom stereocenters. The summed E-state index contributed by atoms with van der Waals surface area (Å²) < 4.78 is 34.2. The van der Waals surface area contributed by atoms with Crippen molar-refractivity contribution in [2.45, 2.75) is 6.29 Å². The highest BCUT2D eigenvalue weighted by Gasteiger charge is 2.43. The summed E-state index contributed by atoms with van der Waals surface area (Å²) in [5.74, 6) is -1.27. The van der Waals surface area contributed by atoms with Gasteiger partial charge in [0.15, 0.2) is 23.1 Å². The van der Waals surface area contributed by atoms with E-state index in [-0.39, 0.29) is 28.6 Å². The van der Waals surface area contributed by atoms with Crippen molar-refractivity contribution >= 4 is 11.7 Å². The zero-order valence-electron chi connectivity index (χ0n) is 10.3. The molecule has 2 aromatic rings. The number of hydrogen-bond donors (Lipinski definition) is 2. The van der Waals surface area contributed by atoms with Crippen molar-refractivity contribution in [3.05, 3.63) is 42.1 Å². The van der Waals surface area contributed by atoms with Gasteiger partial charge in [-0.2, -0.15) is 0 Å². The number of rotatable bonds is 2. The van der Waals surface area contributed by atoms with Gasteiger partial charge < -0.3 is 19.9 Å². The molecule has 1 amide bonds. The molecule has 0 fully saturated rings. The van der Waals surface area contributed by atoms with E-state index >= 15 is 0 Å². The number of alkyl halides is 2. The van der Waals surface area contributed by atoms with Crippen LogP contribution in [0.3, 0.4) is 0 Å². The third-order valence-electron chi connectivity index (χ3n) is 2.68. The number of fused-ring (bicyclic) bond motifs is 1. The average Bonchev–Trinajstić information content (AvgIpc) is 2.74. The summed E-state index contributed by atoms with van der Waals surface area (Å²) in [6.45, 7) is 0. The van der Waals surface area contributed by atoms with E-state index in [1.807, 2.05) is 0 Å². The maximum absolute atomic E-state index is 12.9. The molecule has 0 radical (unpaired) electrons. The largest absolute Gasteiger partial charge is 0.586 e. The predicted octanol–water partition coefficient (Wildman–Crippen LogP) is 2.36. The summed E-state index contributed by atoms with van der Waals surface area (Å²) in [5.41, 5.74) is 0.0557. The van der Waals surface area contributed by atoms with Gasteiger partial charge in [0, 0.05) is 11.8 Å². The molecule has 21 heavy (non-hydrogen) atoms. The number of aromatic nitrogens is 1. The fourth-order valence-electron chi connectivity index (χ4n) is 1.76. The van der Waals surface area contributed by atoms with E-state index in [1.165, 1.54) is 30.5 Å². The van der Waals surface area contributed by atoms with E-state index in [9.17, 15) is 18.7 Å². The first kappa shape index (κ1) is 13.1. The summed E-state index contributed by atoms with van der Waals surface area (Å²) in [6, 6.07) is 6.45. The molecule has 1 aromatic heterocycles. The lowest BCUT2D eigenvalue weighted by Crippen LogP contribution is -2.25. The van der Waals surface area contributed by atoms with Crippen molar-refractivity contribution in [1.82, 2.24) is 4.98 Å². The number of pyridine rings is 1. The molecule has 0 unspecified atom stereocenters. The maximum Gasteiger partial charge on any atom is 0.586 e. The van der Waals surface area contributed by atoms with E-state index < -0.39 is 12.2 Å². The second-order valence-corrected chi connectivity index (χ2v) is 4.15. The monoisotopic (exact) mass is 294 g/mol. The van der Waals surface area contributed by atoms with Gasteiger partial charge in [-0.05, 0) is 30.3 Å². The molecule has 0 aliphatic carbocycles. The van der Waals surface area contributed by atoms with Crippen molar-refractivity contribution in [2.24, 2.45) is 0 Å². The second-order valence-electron chi connectivity index (χ2n) is 4.15. The normalized spacial score (nSPS) is 14.8. The number of anilines is 1. The van der Waals surface area contributed by atoms with Gasteiger partial charge in [-0.1, -0.05) is 0 Å². The molecule has 0 bridgehead atoms. The number of ether oxygens (including phenoxy) is 2.